The second-order valence-electron chi connectivity index (χ2n) is 5.54. The number of benzene rings is 2. The molecule has 0 aliphatic carbocycles. The molecule has 2 aromatic rings. The molecule has 28 heavy (non-hydrogen) atoms. The molecule has 2 N–H and O–H groups in total. The zero-order valence-electron chi connectivity index (χ0n) is 14.3. The Hall–Kier alpha value is -2.18. The van der Waals surface area contributed by atoms with Gasteiger partial charge in [0.25, 0.3) is 10.0 Å². The van der Waals surface area contributed by atoms with Gasteiger partial charge in [0.1, 0.15) is 10.6 Å². The van der Waals surface area contributed by atoms with E-state index in [9.17, 15) is 30.0 Å². The summed E-state index contributed by atoms with van der Waals surface area (Å²) < 4.78 is 95.7. The van der Waals surface area contributed by atoms with E-state index in [0.717, 1.165) is 18.4 Å². The van der Waals surface area contributed by atoms with Crippen molar-refractivity contribution >= 4 is 43.0 Å². The Balaban J connectivity index is 2.46. The van der Waals surface area contributed by atoms with E-state index < -0.39 is 41.7 Å². The van der Waals surface area contributed by atoms with Crippen LogP contribution in [0.25, 0.3) is 0 Å². The summed E-state index contributed by atoms with van der Waals surface area (Å²) in [6.07, 6.45) is -3.88. The summed E-state index contributed by atoms with van der Waals surface area (Å²) in [4.78, 5) is -0.780. The minimum absolute atomic E-state index is 0.0691. The van der Waals surface area contributed by atoms with Gasteiger partial charge in [0.2, 0.25) is 10.0 Å². The van der Waals surface area contributed by atoms with Crippen LogP contribution in [-0.4, -0.2) is 30.2 Å². The van der Waals surface area contributed by atoms with Crippen LogP contribution in [0.3, 0.4) is 0 Å². The minimum Gasteiger partial charge on any atom is -0.495 e. The molecule has 0 atom stereocenters. The van der Waals surface area contributed by atoms with E-state index in [1.807, 2.05) is 0 Å². The van der Waals surface area contributed by atoms with Crippen molar-refractivity contribution in [1.29, 1.82) is 0 Å². The highest BCUT2D eigenvalue weighted by atomic mass is 35.5. The zero-order valence-corrected chi connectivity index (χ0v) is 16.7. The molecular weight excluding hydrogens is 445 g/mol. The molecule has 154 valence electrons. The van der Waals surface area contributed by atoms with Gasteiger partial charge in [0, 0.05) is 0 Å². The minimum atomic E-state index is -4.76. The summed E-state index contributed by atoms with van der Waals surface area (Å²) >= 11 is 5.76. The van der Waals surface area contributed by atoms with E-state index in [0.29, 0.717) is 12.1 Å². The van der Waals surface area contributed by atoms with Gasteiger partial charge in [-0.15, -0.1) is 0 Å². The molecular formula is C15H14ClF3N2O5S2. The molecule has 0 saturated heterocycles. The zero-order chi connectivity index (χ0) is 21.3. The molecule has 0 aliphatic rings. The molecule has 2 rings (SSSR count). The van der Waals surface area contributed by atoms with Crippen molar-refractivity contribution < 1.29 is 34.7 Å². The van der Waals surface area contributed by atoms with Crippen LogP contribution in [0, 0.1) is 0 Å². The van der Waals surface area contributed by atoms with Crippen molar-refractivity contribution in [1.82, 2.24) is 0 Å². The highest BCUT2D eigenvalue weighted by Crippen LogP contribution is 2.35. The van der Waals surface area contributed by atoms with E-state index in [1.165, 1.54) is 19.2 Å². The van der Waals surface area contributed by atoms with Crippen LogP contribution in [0.1, 0.15) is 5.56 Å². The maximum absolute atomic E-state index is 12.9. The monoisotopic (exact) mass is 458 g/mol. The molecule has 0 saturated carbocycles. The van der Waals surface area contributed by atoms with Crippen molar-refractivity contribution in [3.63, 3.8) is 0 Å². The predicted octanol–water partition coefficient (Wildman–Crippen LogP) is 3.54. The second-order valence-corrected chi connectivity index (χ2v) is 9.34. The third kappa shape index (κ3) is 5.42. The number of hydrogen-bond acceptors (Lipinski definition) is 5. The highest BCUT2D eigenvalue weighted by Gasteiger charge is 2.32. The molecule has 0 aliphatic heterocycles. The molecule has 0 amide bonds. The number of hydrogen-bond donors (Lipinski definition) is 2. The van der Waals surface area contributed by atoms with Crippen molar-refractivity contribution in [2.24, 2.45) is 0 Å². The number of ether oxygens (including phenoxy) is 1. The fourth-order valence-corrected chi connectivity index (χ4v) is 4.28. The van der Waals surface area contributed by atoms with Crippen LogP contribution < -0.4 is 14.2 Å². The topological polar surface area (TPSA) is 102 Å². The molecule has 2 aromatic carbocycles. The lowest BCUT2D eigenvalue weighted by Gasteiger charge is -2.15. The van der Waals surface area contributed by atoms with Gasteiger partial charge >= 0.3 is 6.18 Å². The average molecular weight is 459 g/mol. The summed E-state index contributed by atoms with van der Waals surface area (Å²) in [7, 11) is -6.94. The van der Waals surface area contributed by atoms with Crippen LogP contribution in [0.2, 0.25) is 5.02 Å². The predicted molar refractivity (Wildman–Crippen MR) is 98.7 cm³/mol. The number of methoxy groups -OCH3 is 1. The molecule has 0 heterocycles. The summed E-state index contributed by atoms with van der Waals surface area (Å²) in [6, 6.07) is 5.51. The molecule has 0 spiro atoms. The van der Waals surface area contributed by atoms with E-state index in [2.05, 4.69) is 9.44 Å². The molecule has 13 heteroatoms. The average Bonchev–Trinajstić information content (AvgIpc) is 2.52. The van der Waals surface area contributed by atoms with Gasteiger partial charge in [0.05, 0.1) is 35.3 Å². The van der Waals surface area contributed by atoms with Gasteiger partial charge in [-0.1, -0.05) is 11.6 Å². The second kappa shape index (κ2) is 7.68. The third-order valence-corrected chi connectivity index (χ3v) is 5.75. The molecule has 0 aromatic heterocycles. The van der Waals surface area contributed by atoms with Gasteiger partial charge in [-0.05, 0) is 36.4 Å². The van der Waals surface area contributed by atoms with Crippen LogP contribution in [-0.2, 0) is 26.2 Å². The smallest absolute Gasteiger partial charge is 0.416 e. The molecule has 0 bridgehead atoms. The maximum atomic E-state index is 12.9. The van der Waals surface area contributed by atoms with Gasteiger partial charge in [-0.2, -0.15) is 13.2 Å². The van der Waals surface area contributed by atoms with E-state index in [-0.39, 0.29) is 17.1 Å². The van der Waals surface area contributed by atoms with E-state index >= 15 is 0 Å². The van der Waals surface area contributed by atoms with Crippen LogP contribution >= 0.6 is 11.6 Å². The molecule has 0 fully saturated rings. The van der Waals surface area contributed by atoms with Crippen LogP contribution in [0.5, 0.6) is 5.75 Å². The fraction of sp³-hybridized carbons (Fsp3) is 0.200. The van der Waals surface area contributed by atoms with Gasteiger partial charge in [0.15, 0.2) is 0 Å². The normalized spacial score (nSPS) is 12.5. The lowest BCUT2D eigenvalue weighted by molar-refractivity contribution is -0.137. The number of sulfonamides is 2. The van der Waals surface area contributed by atoms with Gasteiger partial charge in [-0.3, -0.25) is 9.44 Å². The Labute approximate surface area is 164 Å². The Morgan fingerprint density at radius 2 is 1.64 bits per heavy atom. The standard InChI is InChI=1S/C15H14ClF3N2O5S2/c1-26-13-6-4-10(8-12(13)21-27(2,22)23)20-28(24,25)14-7-9(15(17,18)19)3-5-11(14)16/h3-8,20-21H,1-2H3. The Bertz CT molecular complexity index is 1100. The molecule has 7 nitrogen and oxygen atoms in total. The first-order valence-electron chi connectivity index (χ1n) is 7.28. The molecule has 0 unspecified atom stereocenters. The van der Waals surface area contributed by atoms with Crippen molar-refractivity contribution in [2.75, 3.05) is 22.8 Å². The fourth-order valence-electron chi connectivity index (χ4n) is 2.15. The van der Waals surface area contributed by atoms with Gasteiger partial charge in [-0.25, -0.2) is 16.8 Å². The van der Waals surface area contributed by atoms with Crippen molar-refractivity contribution in [3.8, 4) is 5.75 Å². The first-order valence-corrected chi connectivity index (χ1v) is 11.0. The molecule has 0 radical (unpaired) electrons. The SMILES string of the molecule is COc1ccc(NS(=O)(=O)c2cc(C(F)(F)F)ccc2Cl)cc1NS(C)(=O)=O. The Kier molecular flexibility index (Phi) is 6.07. The third-order valence-electron chi connectivity index (χ3n) is 3.30. The summed E-state index contributed by atoms with van der Waals surface area (Å²) in [5, 5.41) is -0.413. The number of alkyl halides is 3. The number of nitrogens with one attached hydrogen (secondary N) is 2. The largest absolute Gasteiger partial charge is 0.495 e. The summed E-state index contributed by atoms with van der Waals surface area (Å²) in [5.41, 5.74) is -1.38. The highest BCUT2D eigenvalue weighted by molar-refractivity contribution is 7.93. The maximum Gasteiger partial charge on any atom is 0.416 e. The van der Waals surface area contributed by atoms with Gasteiger partial charge < -0.3 is 4.74 Å². The summed E-state index contributed by atoms with van der Waals surface area (Å²) in [5.74, 6) is 0.102. The van der Waals surface area contributed by atoms with Crippen LogP contribution in [0.15, 0.2) is 41.3 Å². The lowest BCUT2D eigenvalue weighted by atomic mass is 10.2. The first-order chi connectivity index (χ1) is 12.7. The van der Waals surface area contributed by atoms with Crippen molar-refractivity contribution in [3.05, 3.63) is 47.0 Å². The lowest BCUT2D eigenvalue weighted by Crippen LogP contribution is -2.16. The quantitative estimate of drug-likeness (QED) is 0.689. The van der Waals surface area contributed by atoms with Crippen LogP contribution in [0.4, 0.5) is 24.5 Å². The summed E-state index contributed by atoms with van der Waals surface area (Å²) in [6.45, 7) is 0. The Morgan fingerprint density at radius 3 is 2.18 bits per heavy atom. The van der Waals surface area contributed by atoms with E-state index in [1.54, 1.807) is 0 Å². The number of rotatable bonds is 6. The Morgan fingerprint density at radius 1 is 1.00 bits per heavy atom. The van der Waals surface area contributed by atoms with E-state index in [4.69, 9.17) is 16.3 Å². The van der Waals surface area contributed by atoms with Crippen molar-refractivity contribution in [2.45, 2.75) is 11.1 Å². The first kappa shape index (κ1) is 22.1. The number of halogens is 4. The number of anilines is 2.